The zero-order valence-corrected chi connectivity index (χ0v) is 18.2. The lowest BCUT2D eigenvalue weighted by atomic mass is 10.2. The van der Waals surface area contributed by atoms with Crippen molar-refractivity contribution >= 4 is 34.1 Å². The van der Waals surface area contributed by atoms with E-state index in [1.165, 1.54) is 0 Å². The van der Waals surface area contributed by atoms with Crippen LogP contribution in [-0.2, 0) is 6.18 Å². The van der Waals surface area contributed by atoms with E-state index >= 15 is 0 Å². The number of likely N-dealkylation sites (N-methyl/N-ethyl adjacent to an activating group) is 1. The highest BCUT2D eigenvalue weighted by Gasteiger charge is 2.30. The van der Waals surface area contributed by atoms with Gasteiger partial charge in [-0.1, -0.05) is 11.6 Å². The molecule has 1 aromatic carbocycles. The second-order valence-electron chi connectivity index (χ2n) is 7.72. The third-order valence-electron chi connectivity index (χ3n) is 5.33. The number of nitrogens with zero attached hydrogens (tertiary/aromatic N) is 4. The highest BCUT2D eigenvalue weighted by Crippen LogP contribution is 2.32. The van der Waals surface area contributed by atoms with Crippen molar-refractivity contribution in [2.45, 2.75) is 6.18 Å². The number of benzene rings is 1. The van der Waals surface area contributed by atoms with Crippen LogP contribution < -0.4 is 10.1 Å². The van der Waals surface area contributed by atoms with Gasteiger partial charge < -0.3 is 15.0 Å². The maximum atomic E-state index is 12.9. The molecule has 1 N–H and O–H groups in total. The van der Waals surface area contributed by atoms with Crippen LogP contribution in [0.25, 0.3) is 10.9 Å². The first kappa shape index (κ1) is 22.6. The van der Waals surface area contributed by atoms with Gasteiger partial charge in [0.1, 0.15) is 24.0 Å². The minimum absolute atomic E-state index is 0.0478. The molecule has 0 bridgehead atoms. The highest BCUT2D eigenvalue weighted by molar-refractivity contribution is 6.35. The zero-order valence-electron chi connectivity index (χ0n) is 17.5. The van der Waals surface area contributed by atoms with Crippen molar-refractivity contribution in [1.82, 2.24) is 19.8 Å². The minimum Gasteiger partial charge on any atom is -0.492 e. The van der Waals surface area contributed by atoms with Gasteiger partial charge in [0.25, 0.3) is 0 Å². The molecule has 3 aromatic rings. The summed E-state index contributed by atoms with van der Waals surface area (Å²) in [7, 11) is 2.12. The van der Waals surface area contributed by atoms with Crippen LogP contribution in [0.2, 0.25) is 5.02 Å². The van der Waals surface area contributed by atoms with Crippen LogP contribution in [0.15, 0.2) is 42.6 Å². The van der Waals surface area contributed by atoms with Gasteiger partial charge in [0.15, 0.2) is 0 Å². The Balaban J connectivity index is 1.43. The molecule has 0 spiro atoms. The van der Waals surface area contributed by atoms with E-state index in [1.807, 2.05) is 6.07 Å². The molecule has 0 saturated carbocycles. The second kappa shape index (κ2) is 9.48. The van der Waals surface area contributed by atoms with Gasteiger partial charge in [0.2, 0.25) is 0 Å². The van der Waals surface area contributed by atoms with E-state index in [9.17, 15) is 13.2 Å². The van der Waals surface area contributed by atoms with E-state index in [1.54, 1.807) is 18.2 Å². The fourth-order valence-corrected chi connectivity index (χ4v) is 3.75. The molecule has 170 valence electrons. The van der Waals surface area contributed by atoms with Gasteiger partial charge in [0.05, 0.1) is 16.1 Å². The molecule has 0 amide bonds. The fraction of sp³-hybridized carbons (Fsp3) is 0.364. The lowest BCUT2D eigenvalue weighted by molar-refractivity contribution is -0.137. The van der Waals surface area contributed by atoms with Crippen LogP contribution in [0, 0.1) is 0 Å². The highest BCUT2D eigenvalue weighted by atomic mass is 35.5. The summed E-state index contributed by atoms with van der Waals surface area (Å²) in [5, 5.41) is 3.98. The van der Waals surface area contributed by atoms with Crippen LogP contribution in [-0.4, -0.2) is 66.1 Å². The van der Waals surface area contributed by atoms with Crippen LogP contribution in [0.5, 0.6) is 5.75 Å². The number of rotatable bonds is 6. The summed E-state index contributed by atoms with van der Waals surface area (Å²) < 4.78 is 44.6. The first-order valence-corrected chi connectivity index (χ1v) is 10.6. The summed E-state index contributed by atoms with van der Waals surface area (Å²) in [6, 6.07) is 8.86. The molecule has 1 aliphatic heterocycles. The average molecular weight is 466 g/mol. The van der Waals surface area contributed by atoms with Gasteiger partial charge in [-0.05, 0) is 37.4 Å². The predicted molar refractivity (Wildman–Crippen MR) is 119 cm³/mol. The zero-order chi connectivity index (χ0) is 22.7. The largest absolute Gasteiger partial charge is 0.492 e. The van der Waals surface area contributed by atoms with Gasteiger partial charge in [-0.3, -0.25) is 4.90 Å². The van der Waals surface area contributed by atoms with Crippen molar-refractivity contribution in [2.75, 3.05) is 51.7 Å². The number of hydrogen-bond donors (Lipinski definition) is 1. The van der Waals surface area contributed by atoms with E-state index in [0.717, 1.165) is 56.4 Å². The average Bonchev–Trinajstić information content (AvgIpc) is 2.75. The van der Waals surface area contributed by atoms with E-state index in [0.29, 0.717) is 28.7 Å². The van der Waals surface area contributed by atoms with Crippen LogP contribution >= 0.6 is 11.6 Å². The van der Waals surface area contributed by atoms with Gasteiger partial charge in [-0.2, -0.15) is 13.2 Å². The summed E-state index contributed by atoms with van der Waals surface area (Å²) in [4.78, 5) is 13.0. The van der Waals surface area contributed by atoms with Crippen LogP contribution in [0.4, 0.5) is 24.8 Å². The summed E-state index contributed by atoms with van der Waals surface area (Å²) in [6.45, 7) is 5.56. The Kier molecular flexibility index (Phi) is 6.68. The molecule has 2 aromatic heterocycles. The third-order valence-corrected chi connectivity index (χ3v) is 5.62. The lowest BCUT2D eigenvalue weighted by Crippen LogP contribution is -2.45. The molecule has 0 aliphatic carbocycles. The first-order valence-electron chi connectivity index (χ1n) is 10.2. The summed E-state index contributed by atoms with van der Waals surface area (Å²) >= 11 is 6.42. The lowest BCUT2D eigenvalue weighted by Gasteiger charge is -2.32. The number of piperazine rings is 1. The van der Waals surface area contributed by atoms with E-state index in [4.69, 9.17) is 16.3 Å². The smallest absolute Gasteiger partial charge is 0.416 e. The Morgan fingerprint density at radius 2 is 1.84 bits per heavy atom. The molecular weight excluding hydrogens is 443 g/mol. The van der Waals surface area contributed by atoms with Gasteiger partial charge >= 0.3 is 6.18 Å². The van der Waals surface area contributed by atoms with Crippen LogP contribution in [0.1, 0.15) is 5.56 Å². The number of fused-ring (bicyclic) bond motifs is 1. The molecule has 1 aliphatic rings. The topological polar surface area (TPSA) is 53.5 Å². The number of alkyl halides is 3. The minimum atomic E-state index is -4.44. The standard InChI is InChI=1S/C22H23ClF3N5O/c1-30-6-8-31(9-7-30)10-11-32-17-12-15-2-3-19(29-21(15)18(23)14-17)28-20-13-16(4-5-27-20)22(24,25)26/h2-5,12-14H,6-11H2,1H3,(H,27,28,29). The molecule has 32 heavy (non-hydrogen) atoms. The van der Waals surface area contributed by atoms with E-state index in [-0.39, 0.29) is 5.82 Å². The molecule has 0 radical (unpaired) electrons. The van der Waals surface area contributed by atoms with Crippen molar-refractivity contribution in [2.24, 2.45) is 0 Å². The first-order chi connectivity index (χ1) is 15.3. The van der Waals surface area contributed by atoms with Crippen molar-refractivity contribution in [3.63, 3.8) is 0 Å². The van der Waals surface area contributed by atoms with Gasteiger partial charge in [-0.25, -0.2) is 9.97 Å². The Morgan fingerprint density at radius 1 is 1.06 bits per heavy atom. The molecule has 10 heteroatoms. The Hall–Kier alpha value is -2.62. The number of pyridine rings is 2. The summed E-state index contributed by atoms with van der Waals surface area (Å²) in [5.41, 5.74) is -0.262. The monoisotopic (exact) mass is 465 g/mol. The second-order valence-corrected chi connectivity index (χ2v) is 8.13. The molecule has 1 fully saturated rings. The number of aromatic nitrogens is 2. The number of nitrogens with one attached hydrogen (secondary N) is 1. The summed E-state index contributed by atoms with van der Waals surface area (Å²) in [5.74, 6) is 1.04. The molecule has 0 atom stereocenters. The Bertz CT molecular complexity index is 1090. The Labute approximate surface area is 189 Å². The number of anilines is 2. The predicted octanol–water partition coefficient (Wildman–Crippen LogP) is 4.67. The molecule has 0 unspecified atom stereocenters. The van der Waals surface area contributed by atoms with Gasteiger partial charge in [-0.15, -0.1) is 0 Å². The van der Waals surface area contributed by atoms with E-state index in [2.05, 4.69) is 32.1 Å². The maximum Gasteiger partial charge on any atom is 0.416 e. The molecule has 4 rings (SSSR count). The van der Waals surface area contributed by atoms with Crippen molar-refractivity contribution in [3.8, 4) is 5.75 Å². The molecule has 6 nitrogen and oxygen atoms in total. The number of halogens is 4. The number of ether oxygens (including phenoxy) is 1. The molecule has 1 saturated heterocycles. The van der Waals surface area contributed by atoms with Gasteiger partial charge in [0, 0.05) is 50.4 Å². The Morgan fingerprint density at radius 3 is 2.59 bits per heavy atom. The molecular formula is C22H23ClF3N5O. The maximum absolute atomic E-state index is 12.9. The normalized spacial score (nSPS) is 15.8. The number of hydrogen-bond acceptors (Lipinski definition) is 6. The fourth-order valence-electron chi connectivity index (χ4n) is 3.49. The SMILES string of the molecule is CN1CCN(CCOc2cc(Cl)c3nc(Nc4cc(C(F)(F)F)ccn4)ccc3c2)CC1. The quantitative estimate of drug-likeness (QED) is 0.571. The van der Waals surface area contributed by atoms with Crippen molar-refractivity contribution in [3.05, 3.63) is 53.2 Å². The van der Waals surface area contributed by atoms with Crippen LogP contribution in [0.3, 0.4) is 0 Å². The van der Waals surface area contributed by atoms with E-state index < -0.39 is 11.7 Å². The van der Waals surface area contributed by atoms with Crippen molar-refractivity contribution < 1.29 is 17.9 Å². The summed E-state index contributed by atoms with van der Waals surface area (Å²) in [6.07, 6.45) is -3.34. The third kappa shape index (κ3) is 5.59. The van der Waals surface area contributed by atoms with Crippen molar-refractivity contribution in [1.29, 1.82) is 0 Å². The molecule has 3 heterocycles.